The number of nitrogens with one attached hydrogen (secondary N) is 1. The van der Waals surface area contributed by atoms with E-state index in [4.69, 9.17) is 0 Å². The number of amides is 3. The Morgan fingerprint density at radius 3 is 2.52 bits per heavy atom. The summed E-state index contributed by atoms with van der Waals surface area (Å²) in [6.45, 7) is 6.30. The highest BCUT2D eigenvalue weighted by molar-refractivity contribution is 6.16. The molecule has 2 aliphatic heterocycles. The predicted molar refractivity (Wildman–Crippen MR) is 76.8 cm³/mol. The van der Waals surface area contributed by atoms with Crippen LogP contribution in [0.25, 0.3) is 0 Å². The molecule has 1 aliphatic carbocycles. The second-order valence-electron chi connectivity index (χ2n) is 7.17. The van der Waals surface area contributed by atoms with Crippen molar-refractivity contribution in [1.82, 2.24) is 10.2 Å². The lowest BCUT2D eigenvalue weighted by Crippen LogP contribution is -2.67. The summed E-state index contributed by atoms with van der Waals surface area (Å²) in [6.07, 6.45) is 6.64. The van der Waals surface area contributed by atoms with Crippen LogP contribution in [0.15, 0.2) is 12.3 Å². The van der Waals surface area contributed by atoms with Crippen molar-refractivity contribution in [3.05, 3.63) is 12.3 Å². The van der Waals surface area contributed by atoms with Gasteiger partial charge in [0.15, 0.2) is 0 Å². The Morgan fingerprint density at radius 2 is 1.90 bits per heavy atom. The number of carbonyl (C=O) groups is 3. The Balaban J connectivity index is 2.08. The molecule has 5 nitrogen and oxygen atoms in total. The maximum atomic E-state index is 13.1. The van der Waals surface area contributed by atoms with Gasteiger partial charge in [-0.15, -0.1) is 0 Å². The Labute approximate surface area is 124 Å². The molecule has 0 spiro atoms. The van der Waals surface area contributed by atoms with Crippen LogP contribution in [0.4, 0.5) is 0 Å². The summed E-state index contributed by atoms with van der Waals surface area (Å²) >= 11 is 0. The highest BCUT2D eigenvalue weighted by Gasteiger charge is 2.73. The van der Waals surface area contributed by atoms with Gasteiger partial charge in [-0.25, -0.2) is 0 Å². The maximum absolute atomic E-state index is 13.1. The van der Waals surface area contributed by atoms with Crippen LogP contribution in [0.5, 0.6) is 0 Å². The van der Waals surface area contributed by atoms with E-state index in [0.717, 1.165) is 12.8 Å². The number of fused-ring (bicyclic) bond motifs is 2. The zero-order valence-corrected chi connectivity index (χ0v) is 12.9. The number of carbonyl (C=O) groups excluding carboxylic acids is 3. The van der Waals surface area contributed by atoms with Crippen molar-refractivity contribution >= 4 is 17.7 Å². The number of imide groups is 1. The van der Waals surface area contributed by atoms with Crippen LogP contribution < -0.4 is 5.32 Å². The number of hydrogen-bond donors (Lipinski definition) is 1. The molecule has 3 amide bonds. The van der Waals surface area contributed by atoms with E-state index in [9.17, 15) is 14.4 Å². The van der Waals surface area contributed by atoms with E-state index in [1.165, 1.54) is 0 Å². The van der Waals surface area contributed by atoms with Crippen LogP contribution in [0.3, 0.4) is 0 Å². The fourth-order valence-electron chi connectivity index (χ4n) is 4.22. The number of hydrogen-bond acceptors (Lipinski definition) is 3. The first-order valence-corrected chi connectivity index (χ1v) is 7.61. The summed E-state index contributed by atoms with van der Waals surface area (Å²) in [5.74, 6) is -0.818. The molecule has 1 saturated heterocycles. The van der Waals surface area contributed by atoms with Gasteiger partial charge in [0.1, 0.15) is 5.41 Å². The molecule has 0 aromatic rings. The monoisotopic (exact) mass is 290 g/mol. The fraction of sp³-hybridized carbons (Fsp3) is 0.688. The Hall–Kier alpha value is -1.65. The Kier molecular flexibility index (Phi) is 2.85. The number of rotatable bonds is 1. The molecule has 3 rings (SSSR count). The molecule has 0 unspecified atom stereocenters. The van der Waals surface area contributed by atoms with Gasteiger partial charge in [-0.2, -0.15) is 0 Å². The van der Waals surface area contributed by atoms with E-state index in [1.54, 1.807) is 11.1 Å². The van der Waals surface area contributed by atoms with Crippen LogP contribution >= 0.6 is 0 Å². The van der Waals surface area contributed by atoms with Gasteiger partial charge in [-0.05, 0) is 25.7 Å². The molecule has 21 heavy (non-hydrogen) atoms. The van der Waals surface area contributed by atoms with E-state index in [0.29, 0.717) is 19.4 Å². The average Bonchev–Trinajstić information content (AvgIpc) is 2.61. The number of allylic oxidation sites excluding steroid dienone is 1. The quantitative estimate of drug-likeness (QED) is 0.589. The smallest absolute Gasteiger partial charge is 0.242 e. The van der Waals surface area contributed by atoms with Gasteiger partial charge < -0.3 is 4.90 Å². The van der Waals surface area contributed by atoms with Crippen molar-refractivity contribution in [3.8, 4) is 0 Å². The third kappa shape index (κ3) is 1.49. The van der Waals surface area contributed by atoms with Gasteiger partial charge >= 0.3 is 0 Å². The first-order chi connectivity index (χ1) is 9.77. The molecule has 2 atom stereocenters. The minimum absolute atomic E-state index is 0.155. The van der Waals surface area contributed by atoms with E-state index < -0.39 is 22.2 Å². The van der Waals surface area contributed by atoms with Gasteiger partial charge in [0.25, 0.3) is 0 Å². The minimum atomic E-state index is -1.13. The predicted octanol–water partition coefficient (Wildman–Crippen LogP) is 1.59. The zero-order valence-electron chi connectivity index (χ0n) is 12.9. The van der Waals surface area contributed by atoms with Gasteiger partial charge in [-0.1, -0.05) is 26.8 Å². The van der Waals surface area contributed by atoms with Crippen molar-refractivity contribution in [2.75, 3.05) is 6.54 Å². The number of piperidine rings is 1. The molecular weight excluding hydrogens is 268 g/mol. The van der Waals surface area contributed by atoms with Crippen molar-refractivity contribution in [3.63, 3.8) is 0 Å². The lowest BCUT2D eigenvalue weighted by atomic mass is 9.55. The van der Waals surface area contributed by atoms with Gasteiger partial charge in [0.2, 0.25) is 17.7 Å². The van der Waals surface area contributed by atoms with Crippen molar-refractivity contribution < 1.29 is 14.4 Å². The molecule has 2 bridgehead atoms. The van der Waals surface area contributed by atoms with Crippen LogP contribution in [-0.2, 0) is 14.4 Å². The van der Waals surface area contributed by atoms with Crippen LogP contribution in [0.2, 0.25) is 0 Å². The highest BCUT2D eigenvalue weighted by atomic mass is 16.2. The molecule has 0 aromatic carbocycles. The van der Waals surface area contributed by atoms with Crippen LogP contribution in [0, 0.1) is 16.2 Å². The topological polar surface area (TPSA) is 66.5 Å². The Morgan fingerprint density at radius 1 is 1.19 bits per heavy atom. The first-order valence-electron chi connectivity index (χ1n) is 7.61. The standard InChI is InChI=1S/C16H22N2O3/c1-14(2)15(3)7-8-16(14,12(20)17-11(15)19)13(21)18-9-5-4-6-10-18/h5,9H,4,6-8,10H2,1-3H3,(H,17,19,20)/t15-,16-/m0/s1. The molecule has 114 valence electrons. The minimum Gasteiger partial charge on any atom is -0.318 e. The van der Waals surface area contributed by atoms with Crippen molar-refractivity contribution in [2.45, 2.75) is 46.5 Å². The molecule has 0 aromatic heterocycles. The summed E-state index contributed by atoms with van der Waals surface area (Å²) in [6, 6.07) is 0. The van der Waals surface area contributed by atoms with Crippen LogP contribution in [-0.4, -0.2) is 29.2 Å². The lowest BCUT2D eigenvalue weighted by Gasteiger charge is -2.50. The molecule has 2 heterocycles. The van der Waals surface area contributed by atoms with E-state index in [1.807, 2.05) is 26.8 Å². The van der Waals surface area contributed by atoms with Crippen molar-refractivity contribution in [1.29, 1.82) is 0 Å². The maximum Gasteiger partial charge on any atom is 0.242 e. The van der Waals surface area contributed by atoms with Gasteiger partial charge in [0, 0.05) is 18.2 Å². The number of nitrogens with zero attached hydrogens (tertiary/aromatic N) is 1. The second kappa shape index (κ2) is 4.18. The molecule has 5 heteroatoms. The van der Waals surface area contributed by atoms with Gasteiger partial charge in [-0.3, -0.25) is 19.7 Å². The largest absolute Gasteiger partial charge is 0.318 e. The molecule has 3 aliphatic rings. The summed E-state index contributed by atoms with van der Waals surface area (Å²) in [5, 5.41) is 2.45. The molecule has 1 N–H and O–H groups in total. The molecule has 2 fully saturated rings. The summed E-state index contributed by atoms with van der Waals surface area (Å²) in [4.78, 5) is 39.7. The highest BCUT2D eigenvalue weighted by Crippen LogP contribution is 2.65. The second-order valence-corrected chi connectivity index (χ2v) is 7.17. The van der Waals surface area contributed by atoms with Crippen LogP contribution in [0.1, 0.15) is 46.5 Å². The fourth-order valence-corrected chi connectivity index (χ4v) is 4.22. The third-order valence-electron chi connectivity index (χ3n) is 6.24. The van der Waals surface area contributed by atoms with Gasteiger partial charge in [0.05, 0.1) is 5.41 Å². The third-order valence-corrected chi connectivity index (χ3v) is 6.24. The molecular formula is C16H22N2O3. The molecule has 1 saturated carbocycles. The average molecular weight is 290 g/mol. The van der Waals surface area contributed by atoms with E-state index in [-0.39, 0.29) is 11.8 Å². The van der Waals surface area contributed by atoms with E-state index in [2.05, 4.69) is 5.32 Å². The SMILES string of the molecule is CC1(C)[C@@]2(C(=O)N3C=CCCC3)CC[C@@]1(C)C(=O)NC2=O. The van der Waals surface area contributed by atoms with E-state index >= 15 is 0 Å². The Bertz CT molecular complexity index is 566. The zero-order chi connectivity index (χ0) is 15.5. The summed E-state index contributed by atoms with van der Waals surface area (Å²) in [5.41, 5.74) is -2.48. The lowest BCUT2D eigenvalue weighted by molar-refractivity contribution is -0.169. The van der Waals surface area contributed by atoms with Crippen molar-refractivity contribution in [2.24, 2.45) is 16.2 Å². The normalized spacial score (nSPS) is 37.6. The summed E-state index contributed by atoms with van der Waals surface area (Å²) < 4.78 is 0. The summed E-state index contributed by atoms with van der Waals surface area (Å²) in [7, 11) is 0. The first kappa shape index (κ1) is 14.3. The molecule has 0 radical (unpaired) electrons.